The van der Waals surface area contributed by atoms with Crippen LogP contribution in [0.15, 0.2) is 6.07 Å². The third-order valence-electron chi connectivity index (χ3n) is 4.11. The number of rotatable bonds is 3. The van der Waals surface area contributed by atoms with E-state index in [2.05, 4.69) is 14.9 Å². The zero-order valence-electron chi connectivity index (χ0n) is 12.0. The molecular weight excluding hydrogens is 242 g/mol. The Bertz CT molecular complexity index is 481. The fraction of sp³-hybridized carbons (Fsp3) is 0.643. The van der Waals surface area contributed by atoms with Gasteiger partial charge in [0, 0.05) is 24.8 Å². The van der Waals surface area contributed by atoms with Crippen LogP contribution in [-0.2, 0) is 4.79 Å². The molecule has 0 bridgehead atoms. The molecule has 5 heteroatoms. The second-order valence-electron chi connectivity index (χ2n) is 5.70. The average molecular weight is 263 g/mol. The van der Waals surface area contributed by atoms with Crippen LogP contribution in [-0.4, -0.2) is 34.1 Å². The maximum absolute atomic E-state index is 11.6. The van der Waals surface area contributed by atoms with Crippen molar-refractivity contribution >= 4 is 11.8 Å². The van der Waals surface area contributed by atoms with Gasteiger partial charge in [-0.15, -0.1) is 0 Å². The van der Waals surface area contributed by atoms with Gasteiger partial charge in [0.15, 0.2) is 0 Å². The number of hydrogen-bond donors (Lipinski definition) is 1. The van der Waals surface area contributed by atoms with Gasteiger partial charge >= 0.3 is 5.97 Å². The largest absolute Gasteiger partial charge is 0.481 e. The van der Waals surface area contributed by atoms with Gasteiger partial charge in [-0.05, 0) is 26.2 Å². The molecule has 0 spiro atoms. The quantitative estimate of drug-likeness (QED) is 0.903. The van der Waals surface area contributed by atoms with Gasteiger partial charge in [-0.3, -0.25) is 4.79 Å². The number of anilines is 1. The summed E-state index contributed by atoms with van der Waals surface area (Å²) in [5.74, 6) is 0.979. The average Bonchev–Trinajstić information content (AvgIpc) is 2.73. The molecule has 1 unspecified atom stereocenters. The number of aromatic nitrogens is 2. The van der Waals surface area contributed by atoms with Gasteiger partial charge in [0.1, 0.15) is 11.6 Å². The van der Waals surface area contributed by atoms with Crippen LogP contribution in [0.3, 0.4) is 0 Å². The number of hydrogen-bond acceptors (Lipinski definition) is 4. The Hall–Kier alpha value is -1.65. The highest BCUT2D eigenvalue weighted by atomic mass is 16.4. The van der Waals surface area contributed by atoms with Crippen molar-refractivity contribution in [3.63, 3.8) is 0 Å². The van der Waals surface area contributed by atoms with E-state index in [4.69, 9.17) is 0 Å². The van der Waals surface area contributed by atoms with Crippen LogP contribution in [0.2, 0.25) is 0 Å². The Kier molecular flexibility index (Phi) is 3.47. The molecule has 1 aliphatic rings. The zero-order valence-corrected chi connectivity index (χ0v) is 12.0. The number of carboxylic acids is 1. The second-order valence-corrected chi connectivity index (χ2v) is 5.70. The molecule has 0 amide bonds. The summed E-state index contributed by atoms with van der Waals surface area (Å²) in [6.45, 7) is 9.01. The fourth-order valence-electron chi connectivity index (χ4n) is 2.78. The molecular formula is C14H21N3O2. The van der Waals surface area contributed by atoms with Crippen LogP contribution < -0.4 is 4.90 Å². The summed E-state index contributed by atoms with van der Waals surface area (Å²) in [6, 6.07) is 1.92. The maximum Gasteiger partial charge on any atom is 0.311 e. The standard InChI is InChI=1S/C14H21N3O2/c1-9(2)14(13(18)19)5-6-17(8-14)12-7-10(3)15-11(4)16-12/h7,9H,5-6,8H2,1-4H3,(H,18,19). The first-order chi connectivity index (χ1) is 8.85. The number of carbonyl (C=O) groups is 1. The topological polar surface area (TPSA) is 66.3 Å². The van der Waals surface area contributed by atoms with Crippen LogP contribution >= 0.6 is 0 Å². The first-order valence-corrected chi connectivity index (χ1v) is 6.66. The van der Waals surface area contributed by atoms with Crippen LogP contribution in [0.1, 0.15) is 31.8 Å². The summed E-state index contributed by atoms with van der Waals surface area (Å²) in [5, 5.41) is 9.55. The predicted octanol–water partition coefficient (Wildman–Crippen LogP) is 2.03. The predicted molar refractivity (Wildman–Crippen MR) is 73.2 cm³/mol. The Labute approximate surface area is 113 Å². The minimum atomic E-state index is -0.701. The Morgan fingerprint density at radius 3 is 2.58 bits per heavy atom. The normalized spacial score (nSPS) is 23.1. The van der Waals surface area contributed by atoms with Gasteiger partial charge in [-0.1, -0.05) is 13.8 Å². The molecule has 0 saturated carbocycles. The lowest BCUT2D eigenvalue weighted by molar-refractivity contribution is -0.150. The lowest BCUT2D eigenvalue weighted by Gasteiger charge is -2.29. The number of nitrogens with zero attached hydrogens (tertiary/aromatic N) is 3. The third kappa shape index (κ3) is 2.41. The number of aryl methyl sites for hydroxylation is 2. The van der Waals surface area contributed by atoms with E-state index in [-0.39, 0.29) is 5.92 Å². The van der Waals surface area contributed by atoms with E-state index in [1.165, 1.54) is 0 Å². The van der Waals surface area contributed by atoms with Crippen molar-refractivity contribution in [1.29, 1.82) is 0 Å². The molecule has 1 N–H and O–H groups in total. The lowest BCUT2D eigenvalue weighted by atomic mass is 9.76. The summed E-state index contributed by atoms with van der Waals surface area (Å²) in [4.78, 5) is 22.4. The molecule has 0 aromatic carbocycles. The van der Waals surface area contributed by atoms with Gasteiger partial charge in [0.25, 0.3) is 0 Å². The summed E-state index contributed by atoms with van der Waals surface area (Å²) >= 11 is 0. The highest BCUT2D eigenvalue weighted by molar-refractivity contribution is 5.77. The number of aliphatic carboxylic acids is 1. The highest BCUT2D eigenvalue weighted by Gasteiger charge is 2.47. The van der Waals surface area contributed by atoms with E-state index in [0.29, 0.717) is 13.0 Å². The van der Waals surface area contributed by atoms with Crippen LogP contribution in [0.5, 0.6) is 0 Å². The first kappa shape index (κ1) is 13.8. The van der Waals surface area contributed by atoms with Crippen LogP contribution in [0.4, 0.5) is 5.82 Å². The van der Waals surface area contributed by atoms with Gasteiger partial charge in [-0.25, -0.2) is 9.97 Å². The SMILES string of the molecule is Cc1cc(N2CCC(C(=O)O)(C(C)C)C2)nc(C)n1. The van der Waals surface area contributed by atoms with Crippen molar-refractivity contribution in [2.45, 2.75) is 34.1 Å². The summed E-state index contributed by atoms with van der Waals surface area (Å²) in [6.07, 6.45) is 0.669. The lowest BCUT2D eigenvalue weighted by Crippen LogP contribution is -2.39. The van der Waals surface area contributed by atoms with E-state index < -0.39 is 11.4 Å². The van der Waals surface area contributed by atoms with Crippen molar-refractivity contribution in [2.75, 3.05) is 18.0 Å². The molecule has 5 nitrogen and oxygen atoms in total. The molecule has 1 aromatic heterocycles. The third-order valence-corrected chi connectivity index (χ3v) is 4.11. The van der Waals surface area contributed by atoms with Crippen molar-refractivity contribution in [3.05, 3.63) is 17.6 Å². The first-order valence-electron chi connectivity index (χ1n) is 6.66. The molecule has 2 heterocycles. The van der Waals surface area contributed by atoms with E-state index in [9.17, 15) is 9.90 Å². The molecule has 1 atom stereocenters. The minimum absolute atomic E-state index is 0.110. The van der Waals surface area contributed by atoms with Crippen molar-refractivity contribution in [3.8, 4) is 0 Å². The summed E-state index contributed by atoms with van der Waals surface area (Å²) in [5.41, 5.74) is 0.257. The molecule has 0 aliphatic carbocycles. The Morgan fingerprint density at radius 1 is 1.42 bits per heavy atom. The van der Waals surface area contributed by atoms with E-state index in [1.807, 2.05) is 33.8 Å². The molecule has 104 valence electrons. The monoisotopic (exact) mass is 263 g/mol. The summed E-state index contributed by atoms with van der Waals surface area (Å²) in [7, 11) is 0. The fourth-order valence-corrected chi connectivity index (χ4v) is 2.78. The molecule has 1 saturated heterocycles. The Morgan fingerprint density at radius 2 is 2.11 bits per heavy atom. The molecule has 19 heavy (non-hydrogen) atoms. The molecule has 2 rings (SSSR count). The van der Waals surface area contributed by atoms with Gasteiger partial charge < -0.3 is 10.0 Å². The van der Waals surface area contributed by atoms with E-state index in [1.54, 1.807) is 0 Å². The minimum Gasteiger partial charge on any atom is -0.481 e. The van der Waals surface area contributed by atoms with Crippen LogP contribution in [0.25, 0.3) is 0 Å². The van der Waals surface area contributed by atoms with Gasteiger partial charge in [0.05, 0.1) is 5.41 Å². The maximum atomic E-state index is 11.6. The number of carboxylic acid groups (broad SMARTS) is 1. The van der Waals surface area contributed by atoms with Crippen molar-refractivity contribution < 1.29 is 9.90 Å². The zero-order chi connectivity index (χ0) is 14.2. The summed E-state index contributed by atoms with van der Waals surface area (Å²) < 4.78 is 0. The van der Waals surface area contributed by atoms with Crippen molar-refractivity contribution in [1.82, 2.24) is 9.97 Å². The molecule has 1 aromatic rings. The molecule has 0 radical (unpaired) electrons. The highest BCUT2D eigenvalue weighted by Crippen LogP contribution is 2.39. The van der Waals surface area contributed by atoms with Crippen molar-refractivity contribution in [2.24, 2.45) is 11.3 Å². The molecule has 1 aliphatic heterocycles. The smallest absolute Gasteiger partial charge is 0.311 e. The second kappa shape index (κ2) is 4.79. The van der Waals surface area contributed by atoms with E-state index in [0.717, 1.165) is 23.9 Å². The van der Waals surface area contributed by atoms with Crippen LogP contribution in [0, 0.1) is 25.2 Å². The molecule has 1 fully saturated rings. The Balaban J connectivity index is 2.28. The van der Waals surface area contributed by atoms with Gasteiger partial charge in [-0.2, -0.15) is 0 Å². The van der Waals surface area contributed by atoms with Gasteiger partial charge in [0.2, 0.25) is 0 Å². The van der Waals surface area contributed by atoms with E-state index >= 15 is 0 Å².